The van der Waals surface area contributed by atoms with Crippen LogP contribution in [0.4, 0.5) is 0 Å². The average Bonchev–Trinajstić information content (AvgIpc) is 3.30. The maximum Gasteiger partial charge on any atom is 0.0923 e. The second kappa shape index (κ2) is 6.30. The van der Waals surface area contributed by atoms with E-state index in [9.17, 15) is 0 Å². The fourth-order valence-corrected chi connectivity index (χ4v) is 4.17. The maximum absolute atomic E-state index is 4.78. The third kappa shape index (κ3) is 3.09. The van der Waals surface area contributed by atoms with E-state index in [1.54, 1.807) is 11.3 Å². The molecule has 0 bridgehead atoms. The molecule has 1 aromatic carbocycles. The Kier molecular flexibility index (Phi) is 4.02. The van der Waals surface area contributed by atoms with Gasteiger partial charge in [-0.2, -0.15) is 5.10 Å². The van der Waals surface area contributed by atoms with E-state index in [1.165, 1.54) is 28.0 Å². The monoisotopic (exact) mass is 323 g/mol. The summed E-state index contributed by atoms with van der Waals surface area (Å²) in [4.78, 5) is 1.35. The van der Waals surface area contributed by atoms with Crippen molar-refractivity contribution >= 4 is 11.3 Å². The molecule has 1 aliphatic rings. The van der Waals surface area contributed by atoms with Gasteiger partial charge in [0.05, 0.1) is 5.69 Å². The minimum absolute atomic E-state index is 0.711. The second-order valence-electron chi connectivity index (χ2n) is 6.30. The summed E-state index contributed by atoms with van der Waals surface area (Å²) in [5.41, 5.74) is 4.88. The lowest BCUT2D eigenvalue weighted by Crippen LogP contribution is -2.14. The Hall–Kier alpha value is -1.91. The average molecular weight is 323 g/mol. The van der Waals surface area contributed by atoms with Crippen LogP contribution in [0.5, 0.6) is 0 Å². The molecular formula is C19H21N3S. The molecule has 0 saturated carbocycles. The Bertz CT molecular complexity index is 796. The Morgan fingerprint density at radius 1 is 1.26 bits per heavy atom. The van der Waals surface area contributed by atoms with Crippen LogP contribution in [-0.2, 0) is 6.54 Å². The second-order valence-corrected chi connectivity index (χ2v) is 7.21. The Morgan fingerprint density at radius 2 is 2.17 bits per heavy atom. The number of thiophene rings is 1. The molecule has 0 spiro atoms. The van der Waals surface area contributed by atoms with Crippen molar-refractivity contribution in [3.63, 3.8) is 0 Å². The minimum Gasteiger partial charge on any atom is -0.316 e. The summed E-state index contributed by atoms with van der Waals surface area (Å²) in [7, 11) is 0. The van der Waals surface area contributed by atoms with Gasteiger partial charge in [-0.15, -0.1) is 11.3 Å². The molecule has 2 aromatic heterocycles. The van der Waals surface area contributed by atoms with Gasteiger partial charge in [-0.3, -0.25) is 4.68 Å². The molecule has 3 aromatic rings. The highest BCUT2D eigenvalue weighted by atomic mass is 32.1. The number of hydrogen-bond acceptors (Lipinski definition) is 3. The summed E-state index contributed by atoms with van der Waals surface area (Å²) >= 11 is 1.80. The van der Waals surface area contributed by atoms with Crippen LogP contribution in [0.1, 0.15) is 12.0 Å². The van der Waals surface area contributed by atoms with Gasteiger partial charge in [0.1, 0.15) is 0 Å². The molecule has 4 rings (SSSR count). The van der Waals surface area contributed by atoms with E-state index in [1.807, 2.05) is 0 Å². The molecule has 1 fully saturated rings. The fourth-order valence-electron chi connectivity index (χ4n) is 3.24. The van der Waals surface area contributed by atoms with Gasteiger partial charge in [0.2, 0.25) is 0 Å². The van der Waals surface area contributed by atoms with Gasteiger partial charge < -0.3 is 5.32 Å². The van der Waals surface area contributed by atoms with Crippen molar-refractivity contribution in [2.24, 2.45) is 5.92 Å². The fraction of sp³-hybridized carbons (Fsp3) is 0.316. The molecule has 23 heavy (non-hydrogen) atoms. The summed E-state index contributed by atoms with van der Waals surface area (Å²) in [6.45, 7) is 5.43. The van der Waals surface area contributed by atoms with Crippen LogP contribution in [-0.4, -0.2) is 22.9 Å². The van der Waals surface area contributed by atoms with Crippen molar-refractivity contribution in [3.05, 3.63) is 53.5 Å². The number of aryl methyl sites for hydroxylation is 1. The maximum atomic E-state index is 4.78. The highest BCUT2D eigenvalue weighted by molar-refractivity contribution is 7.13. The zero-order valence-electron chi connectivity index (χ0n) is 13.3. The van der Waals surface area contributed by atoms with Gasteiger partial charge in [0.15, 0.2) is 0 Å². The molecule has 4 heteroatoms. The molecule has 1 N–H and O–H groups in total. The first kappa shape index (κ1) is 14.7. The molecule has 118 valence electrons. The molecule has 0 radical (unpaired) electrons. The van der Waals surface area contributed by atoms with E-state index >= 15 is 0 Å². The first-order valence-corrected chi connectivity index (χ1v) is 9.06. The normalized spacial score (nSPS) is 17.7. The van der Waals surface area contributed by atoms with Crippen molar-refractivity contribution in [2.45, 2.75) is 19.9 Å². The van der Waals surface area contributed by atoms with Crippen LogP contribution in [0, 0.1) is 12.8 Å². The molecule has 1 aliphatic heterocycles. The van der Waals surface area contributed by atoms with Crippen LogP contribution in [0.2, 0.25) is 0 Å². The van der Waals surface area contributed by atoms with Gasteiger partial charge in [-0.25, -0.2) is 0 Å². The number of nitrogens with zero attached hydrogens (tertiary/aromatic N) is 2. The third-order valence-electron chi connectivity index (χ3n) is 4.53. The third-order valence-corrected chi connectivity index (χ3v) is 5.60. The molecule has 1 saturated heterocycles. The van der Waals surface area contributed by atoms with E-state index < -0.39 is 0 Å². The molecule has 3 heterocycles. The van der Waals surface area contributed by atoms with Gasteiger partial charge in [0.25, 0.3) is 0 Å². The summed E-state index contributed by atoms with van der Waals surface area (Å²) in [6.07, 6.45) is 3.36. The molecule has 0 aliphatic carbocycles. The van der Waals surface area contributed by atoms with Gasteiger partial charge in [-0.1, -0.05) is 18.2 Å². The van der Waals surface area contributed by atoms with Crippen LogP contribution < -0.4 is 5.32 Å². The van der Waals surface area contributed by atoms with Crippen molar-refractivity contribution in [1.82, 2.24) is 15.1 Å². The van der Waals surface area contributed by atoms with Gasteiger partial charge in [0, 0.05) is 23.2 Å². The molecule has 0 unspecified atom stereocenters. The summed E-state index contributed by atoms with van der Waals surface area (Å²) < 4.78 is 2.09. The van der Waals surface area contributed by atoms with Crippen molar-refractivity contribution in [2.75, 3.05) is 13.1 Å². The first-order chi connectivity index (χ1) is 11.3. The Morgan fingerprint density at radius 3 is 2.96 bits per heavy atom. The number of hydrogen-bond donors (Lipinski definition) is 1. The molecule has 3 nitrogen and oxygen atoms in total. The SMILES string of the molecule is Cc1ccsc1-c1cccc(-c2ccn(C[C@@H]3CCNC3)n2)c1. The summed E-state index contributed by atoms with van der Waals surface area (Å²) in [5, 5.41) is 10.4. The summed E-state index contributed by atoms with van der Waals surface area (Å²) in [5.74, 6) is 0.711. The summed E-state index contributed by atoms with van der Waals surface area (Å²) in [6, 6.07) is 13.0. The van der Waals surface area contributed by atoms with E-state index in [2.05, 4.69) is 64.9 Å². The largest absolute Gasteiger partial charge is 0.316 e. The zero-order chi connectivity index (χ0) is 15.6. The quantitative estimate of drug-likeness (QED) is 0.780. The molecular weight excluding hydrogens is 302 g/mol. The predicted molar refractivity (Wildman–Crippen MR) is 96.7 cm³/mol. The van der Waals surface area contributed by atoms with Crippen LogP contribution in [0.25, 0.3) is 21.7 Å². The number of aromatic nitrogens is 2. The predicted octanol–water partition coefficient (Wildman–Crippen LogP) is 4.20. The lowest BCUT2D eigenvalue weighted by molar-refractivity contribution is 0.450. The van der Waals surface area contributed by atoms with E-state index in [0.717, 1.165) is 25.3 Å². The Labute approximate surface area is 141 Å². The van der Waals surface area contributed by atoms with Crippen molar-refractivity contribution < 1.29 is 0 Å². The van der Waals surface area contributed by atoms with Crippen LogP contribution in [0.15, 0.2) is 48.0 Å². The highest BCUT2D eigenvalue weighted by Gasteiger charge is 2.15. The molecule has 1 atom stereocenters. The standard InChI is InChI=1S/C19H21N3S/c1-14-7-10-23-19(14)17-4-2-3-16(11-17)18-6-9-22(21-18)13-15-5-8-20-12-15/h2-4,6-7,9-11,15,20H,5,8,12-13H2,1H3/t15-/m1/s1. The topological polar surface area (TPSA) is 29.9 Å². The lowest BCUT2D eigenvalue weighted by atomic mass is 10.1. The van der Waals surface area contributed by atoms with E-state index in [0.29, 0.717) is 5.92 Å². The van der Waals surface area contributed by atoms with Crippen molar-refractivity contribution in [1.29, 1.82) is 0 Å². The van der Waals surface area contributed by atoms with E-state index in [4.69, 9.17) is 5.10 Å². The van der Waals surface area contributed by atoms with Gasteiger partial charge in [-0.05, 0) is 67.1 Å². The zero-order valence-corrected chi connectivity index (χ0v) is 14.1. The van der Waals surface area contributed by atoms with E-state index in [-0.39, 0.29) is 0 Å². The lowest BCUT2D eigenvalue weighted by Gasteiger charge is -2.08. The number of nitrogens with one attached hydrogen (secondary N) is 1. The van der Waals surface area contributed by atoms with Gasteiger partial charge >= 0.3 is 0 Å². The Balaban J connectivity index is 1.58. The van der Waals surface area contributed by atoms with Crippen LogP contribution >= 0.6 is 11.3 Å². The smallest absolute Gasteiger partial charge is 0.0923 e. The first-order valence-electron chi connectivity index (χ1n) is 8.19. The van der Waals surface area contributed by atoms with Crippen LogP contribution in [0.3, 0.4) is 0 Å². The highest BCUT2D eigenvalue weighted by Crippen LogP contribution is 2.31. The van der Waals surface area contributed by atoms with Crippen molar-refractivity contribution in [3.8, 4) is 21.7 Å². The minimum atomic E-state index is 0.711. The number of rotatable bonds is 4. The number of benzene rings is 1. The molecule has 0 amide bonds.